The molecule has 0 radical (unpaired) electrons. The van der Waals surface area contributed by atoms with Gasteiger partial charge < -0.3 is 29.4 Å². The molecule has 8 nitrogen and oxygen atoms in total. The van der Waals surface area contributed by atoms with E-state index in [2.05, 4.69) is 9.97 Å². The second-order valence-corrected chi connectivity index (χ2v) is 6.56. The molecule has 2 N–H and O–H groups in total. The lowest BCUT2D eigenvalue weighted by Gasteiger charge is -2.19. The third-order valence-corrected chi connectivity index (χ3v) is 4.52. The van der Waals surface area contributed by atoms with Crippen molar-refractivity contribution in [2.24, 2.45) is 0 Å². The van der Waals surface area contributed by atoms with Crippen LogP contribution < -0.4 is 19.9 Å². The van der Waals surface area contributed by atoms with Gasteiger partial charge in [0.05, 0.1) is 25.9 Å². The van der Waals surface area contributed by atoms with Gasteiger partial charge in [-0.1, -0.05) is 18.2 Å². The van der Waals surface area contributed by atoms with Gasteiger partial charge in [0.1, 0.15) is 36.3 Å². The molecule has 8 heteroatoms. The SMILES string of the molecule is COc1ccc(COc2cccc(OCc3nccc(N)n3)c2C2OCCO2)cc1. The van der Waals surface area contributed by atoms with E-state index >= 15 is 0 Å². The van der Waals surface area contributed by atoms with Crippen LogP contribution in [0.3, 0.4) is 0 Å². The molecule has 1 saturated heterocycles. The van der Waals surface area contributed by atoms with E-state index in [-0.39, 0.29) is 6.61 Å². The molecule has 2 aromatic carbocycles. The maximum atomic E-state index is 6.09. The average molecular weight is 409 g/mol. The fourth-order valence-electron chi connectivity index (χ4n) is 3.04. The van der Waals surface area contributed by atoms with Gasteiger partial charge in [-0.3, -0.25) is 0 Å². The summed E-state index contributed by atoms with van der Waals surface area (Å²) in [6.07, 6.45) is 1.04. The van der Waals surface area contributed by atoms with Crippen molar-refractivity contribution in [2.45, 2.75) is 19.5 Å². The highest BCUT2D eigenvalue weighted by Gasteiger charge is 2.26. The van der Waals surface area contributed by atoms with Crippen LogP contribution in [-0.2, 0) is 22.7 Å². The van der Waals surface area contributed by atoms with Crippen molar-refractivity contribution in [3.05, 3.63) is 71.7 Å². The van der Waals surface area contributed by atoms with Gasteiger partial charge in [-0.2, -0.15) is 0 Å². The number of nitrogen functional groups attached to an aromatic ring is 1. The second-order valence-electron chi connectivity index (χ2n) is 6.56. The fourth-order valence-corrected chi connectivity index (χ4v) is 3.04. The second kappa shape index (κ2) is 9.43. The molecule has 1 aliphatic heterocycles. The van der Waals surface area contributed by atoms with Crippen LogP contribution in [0.1, 0.15) is 23.2 Å². The largest absolute Gasteiger partial charge is 0.497 e. The van der Waals surface area contributed by atoms with E-state index in [1.54, 1.807) is 19.4 Å². The average Bonchev–Trinajstić information content (AvgIpc) is 3.31. The number of benzene rings is 2. The lowest BCUT2D eigenvalue weighted by Crippen LogP contribution is -2.09. The van der Waals surface area contributed by atoms with Gasteiger partial charge in [0.25, 0.3) is 0 Å². The molecule has 1 fully saturated rings. The minimum atomic E-state index is -0.561. The summed E-state index contributed by atoms with van der Waals surface area (Å²) in [6, 6.07) is 14.9. The number of nitrogens with zero attached hydrogens (tertiary/aromatic N) is 2. The zero-order chi connectivity index (χ0) is 20.8. The van der Waals surface area contributed by atoms with Crippen LogP contribution in [0.25, 0.3) is 0 Å². The van der Waals surface area contributed by atoms with Crippen molar-refractivity contribution in [2.75, 3.05) is 26.1 Å². The highest BCUT2D eigenvalue weighted by Crippen LogP contribution is 2.39. The summed E-state index contributed by atoms with van der Waals surface area (Å²) < 4.78 is 28.7. The van der Waals surface area contributed by atoms with Crippen LogP contribution in [0, 0.1) is 0 Å². The van der Waals surface area contributed by atoms with E-state index < -0.39 is 6.29 Å². The summed E-state index contributed by atoms with van der Waals surface area (Å²) in [4.78, 5) is 8.34. The summed E-state index contributed by atoms with van der Waals surface area (Å²) in [5, 5.41) is 0. The first-order valence-corrected chi connectivity index (χ1v) is 9.55. The van der Waals surface area contributed by atoms with E-state index in [0.717, 1.165) is 11.3 Å². The topological polar surface area (TPSA) is 98.0 Å². The Morgan fingerprint density at radius 3 is 2.33 bits per heavy atom. The van der Waals surface area contributed by atoms with Gasteiger partial charge in [0, 0.05) is 6.20 Å². The van der Waals surface area contributed by atoms with Gasteiger partial charge in [0.2, 0.25) is 0 Å². The smallest absolute Gasteiger partial charge is 0.191 e. The molecule has 0 spiro atoms. The van der Waals surface area contributed by atoms with Crippen molar-refractivity contribution in [1.29, 1.82) is 0 Å². The molecule has 1 aromatic heterocycles. The summed E-state index contributed by atoms with van der Waals surface area (Å²) in [7, 11) is 1.64. The van der Waals surface area contributed by atoms with Crippen molar-refractivity contribution < 1.29 is 23.7 Å². The van der Waals surface area contributed by atoms with E-state index in [1.807, 2.05) is 42.5 Å². The summed E-state index contributed by atoms with van der Waals surface area (Å²) in [6.45, 7) is 1.56. The standard InChI is InChI=1S/C22H23N3O5/c1-26-16-7-5-15(6-8-16)13-29-17-3-2-4-18(21(17)22-27-11-12-28-22)30-14-20-24-10-9-19(23)25-20/h2-10,22H,11-14H2,1H3,(H2,23,24,25). The Balaban J connectivity index is 1.53. The number of ether oxygens (including phenoxy) is 5. The van der Waals surface area contributed by atoms with Crippen LogP contribution in [0.15, 0.2) is 54.7 Å². The fraction of sp³-hybridized carbons (Fsp3) is 0.273. The molecule has 0 unspecified atom stereocenters. The minimum Gasteiger partial charge on any atom is -0.497 e. The maximum Gasteiger partial charge on any atom is 0.191 e. The summed E-state index contributed by atoms with van der Waals surface area (Å²) >= 11 is 0. The Bertz CT molecular complexity index is 975. The van der Waals surface area contributed by atoms with Crippen molar-refractivity contribution in [3.8, 4) is 17.2 Å². The molecule has 4 rings (SSSR count). The first kappa shape index (κ1) is 19.9. The third kappa shape index (κ3) is 4.79. The number of nitrogens with two attached hydrogens (primary N) is 1. The van der Waals surface area contributed by atoms with Crippen molar-refractivity contribution in [3.63, 3.8) is 0 Å². The number of rotatable bonds is 8. The van der Waals surface area contributed by atoms with E-state index in [4.69, 9.17) is 29.4 Å². The molecule has 0 atom stereocenters. The molecule has 2 heterocycles. The molecule has 0 aliphatic carbocycles. The first-order chi connectivity index (χ1) is 14.7. The lowest BCUT2D eigenvalue weighted by atomic mass is 10.1. The van der Waals surface area contributed by atoms with E-state index in [9.17, 15) is 0 Å². The summed E-state index contributed by atoms with van der Waals surface area (Å²) in [5.74, 6) is 2.89. The van der Waals surface area contributed by atoms with Crippen LogP contribution in [0.2, 0.25) is 0 Å². The predicted molar refractivity (Wildman–Crippen MR) is 109 cm³/mol. The molecular weight excluding hydrogens is 386 g/mol. The van der Waals surface area contributed by atoms with Crippen LogP contribution in [0.4, 0.5) is 5.82 Å². The van der Waals surface area contributed by atoms with Crippen LogP contribution >= 0.6 is 0 Å². The number of anilines is 1. The molecule has 30 heavy (non-hydrogen) atoms. The monoisotopic (exact) mass is 409 g/mol. The highest BCUT2D eigenvalue weighted by atomic mass is 16.7. The zero-order valence-electron chi connectivity index (χ0n) is 16.6. The quantitative estimate of drug-likeness (QED) is 0.605. The number of aromatic nitrogens is 2. The maximum absolute atomic E-state index is 6.09. The molecule has 0 amide bonds. The molecule has 1 aliphatic rings. The predicted octanol–water partition coefficient (Wildman–Crippen LogP) is 3.27. The Kier molecular flexibility index (Phi) is 6.26. The molecule has 0 saturated carbocycles. The minimum absolute atomic E-state index is 0.159. The molecular formula is C22H23N3O5. The van der Waals surface area contributed by atoms with Gasteiger partial charge in [0.15, 0.2) is 12.1 Å². The Morgan fingerprint density at radius 2 is 1.67 bits per heavy atom. The van der Waals surface area contributed by atoms with E-state index in [0.29, 0.717) is 48.5 Å². The van der Waals surface area contributed by atoms with Gasteiger partial charge in [-0.25, -0.2) is 9.97 Å². The first-order valence-electron chi connectivity index (χ1n) is 9.55. The molecule has 3 aromatic rings. The van der Waals surface area contributed by atoms with Gasteiger partial charge >= 0.3 is 0 Å². The van der Waals surface area contributed by atoms with Crippen molar-refractivity contribution in [1.82, 2.24) is 9.97 Å². The number of hydrogen-bond acceptors (Lipinski definition) is 8. The van der Waals surface area contributed by atoms with Crippen LogP contribution in [0.5, 0.6) is 17.2 Å². The molecule has 0 bridgehead atoms. The Hall–Kier alpha value is -3.36. The third-order valence-electron chi connectivity index (χ3n) is 4.52. The van der Waals surface area contributed by atoms with Gasteiger partial charge in [-0.05, 0) is 35.9 Å². The summed E-state index contributed by atoms with van der Waals surface area (Å²) in [5.41, 5.74) is 7.43. The highest BCUT2D eigenvalue weighted by molar-refractivity contribution is 5.46. The Morgan fingerprint density at radius 1 is 0.967 bits per heavy atom. The number of methoxy groups -OCH3 is 1. The van der Waals surface area contributed by atoms with Crippen molar-refractivity contribution >= 4 is 5.82 Å². The Labute approximate surface area is 174 Å². The zero-order valence-corrected chi connectivity index (χ0v) is 16.6. The number of hydrogen-bond donors (Lipinski definition) is 1. The molecule has 156 valence electrons. The van der Waals surface area contributed by atoms with Gasteiger partial charge in [-0.15, -0.1) is 0 Å². The van der Waals surface area contributed by atoms with E-state index in [1.165, 1.54) is 0 Å². The normalized spacial score (nSPS) is 13.9. The van der Waals surface area contributed by atoms with Crippen LogP contribution in [-0.4, -0.2) is 30.3 Å². The lowest BCUT2D eigenvalue weighted by molar-refractivity contribution is -0.0477.